The predicted octanol–water partition coefficient (Wildman–Crippen LogP) is 4.31. The molecule has 2 aromatic rings. The van der Waals surface area contributed by atoms with Crippen LogP contribution in [0, 0.1) is 18.7 Å². The molecule has 1 amide bonds. The average Bonchev–Trinajstić information content (AvgIpc) is 2.76. The zero-order valence-electron chi connectivity index (χ0n) is 18.7. The van der Waals surface area contributed by atoms with Crippen LogP contribution in [0.3, 0.4) is 0 Å². The molecule has 0 saturated heterocycles. The van der Waals surface area contributed by atoms with E-state index in [1.54, 1.807) is 13.8 Å². The van der Waals surface area contributed by atoms with Crippen molar-refractivity contribution in [3.8, 4) is 5.88 Å². The highest BCUT2D eigenvalue weighted by Gasteiger charge is 2.47. The Balaban J connectivity index is 1.92. The number of hydrogen-bond donors (Lipinski definition) is 2. The molecule has 0 saturated carbocycles. The van der Waals surface area contributed by atoms with Gasteiger partial charge in [-0.2, -0.15) is 13.2 Å². The normalized spacial score (nSPS) is 22.3. The summed E-state index contributed by atoms with van der Waals surface area (Å²) in [7, 11) is 0. The summed E-state index contributed by atoms with van der Waals surface area (Å²) in [5.74, 6) is -2.85. The first kappa shape index (κ1) is 26.4. The van der Waals surface area contributed by atoms with Crippen molar-refractivity contribution in [2.45, 2.75) is 38.6 Å². The summed E-state index contributed by atoms with van der Waals surface area (Å²) in [5.41, 5.74) is 3.58. The maximum atomic E-state index is 14.7. The van der Waals surface area contributed by atoms with Gasteiger partial charge in [-0.15, -0.1) is 0 Å². The van der Waals surface area contributed by atoms with Gasteiger partial charge in [0, 0.05) is 17.2 Å². The van der Waals surface area contributed by atoms with Crippen LogP contribution in [0.5, 0.6) is 5.88 Å². The molecule has 0 aliphatic carbocycles. The third kappa shape index (κ3) is 5.55. The van der Waals surface area contributed by atoms with Crippen molar-refractivity contribution in [2.75, 3.05) is 18.6 Å². The molecule has 3 rings (SSSR count). The lowest BCUT2D eigenvalue weighted by Gasteiger charge is -2.41. The van der Waals surface area contributed by atoms with Gasteiger partial charge >= 0.3 is 6.18 Å². The Morgan fingerprint density at radius 1 is 1.34 bits per heavy atom. The summed E-state index contributed by atoms with van der Waals surface area (Å²) < 4.78 is 75.9. The van der Waals surface area contributed by atoms with Crippen molar-refractivity contribution >= 4 is 29.2 Å². The molecule has 2 heterocycles. The van der Waals surface area contributed by atoms with E-state index >= 15 is 0 Å². The number of ether oxygens (including phenoxy) is 2. The van der Waals surface area contributed by atoms with Gasteiger partial charge in [0.05, 0.1) is 16.9 Å². The van der Waals surface area contributed by atoms with E-state index in [2.05, 4.69) is 25.0 Å². The van der Waals surface area contributed by atoms with Crippen LogP contribution >= 0.6 is 11.6 Å². The maximum absolute atomic E-state index is 14.7. The highest BCUT2D eigenvalue weighted by atomic mass is 35.5. The Labute approximate surface area is 201 Å². The van der Waals surface area contributed by atoms with E-state index in [1.807, 2.05) is 0 Å². The van der Waals surface area contributed by atoms with E-state index in [0.717, 1.165) is 12.3 Å². The molecule has 3 atom stereocenters. The zero-order chi connectivity index (χ0) is 26.1. The van der Waals surface area contributed by atoms with Crippen LogP contribution in [0.25, 0.3) is 0 Å². The van der Waals surface area contributed by atoms with Crippen molar-refractivity contribution in [2.24, 2.45) is 16.6 Å². The minimum Gasteiger partial charge on any atom is -0.467 e. The smallest absolute Gasteiger partial charge is 0.422 e. The van der Waals surface area contributed by atoms with Crippen molar-refractivity contribution in [1.29, 1.82) is 0 Å². The molecule has 1 aliphatic rings. The van der Waals surface area contributed by atoms with E-state index in [0.29, 0.717) is 0 Å². The lowest BCUT2D eigenvalue weighted by atomic mass is 9.77. The standard InChI is InChI=1S/C21H21ClF5N5O3/c1-9-11(3)35-19(28)32-20(9,7-23)13-4-12(5-14(24)16(13)22)31-18(33)17-10(2)30-15(6-29-17)34-8-21(25,26)27/h4-6,9,11H,7-8H2,1-3H3,(H2,28,32)(H,31,33)/t9-,11?,20-/m1/s1. The molecule has 14 heteroatoms. The first-order valence-corrected chi connectivity index (χ1v) is 10.6. The van der Waals surface area contributed by atoms with Crippen LogP contribution in [0.15, 0.2) is 23.3 Å². The van der Waals surface area contributed by atoms with Crippen molar-refractivity contribution < 1.29 is 36.2 Å². The van der Waals surface area contributed by atoms with E-state index in [4.69, 9.17) is 22.1 Å². The van der Waals surface area contributed by atoms with Gasteiger partial charge in [0.1, 0.15) is 29.8 Å². The number of hydrogen-bond acceptors (Lipinski definition) is 7. The van der Waals surface area contributed by atoms with Crippen molar-refractivity contribution in [3.05, 3.63) is 46.1 Å². The van der Waals surface area contributed by atoms with Crippen molar-refractivity contribution in [3.63, 3.8) is 0 Å². The molecule has 1 unspecified atom stereocenters. The van der Waals surface area contributed by atoms with Gasteiger partial charge in [-0.05, 0) is 26.0 Å². The first-order valence-electron chi connectivity index (χ1n) is 10.2. The van der Waals surface area contributed by atoms with Crippen LogP contribution < -0.4 is 15.8 Å². The Morgan fingerprint density at radius 2 is 2.03 bits per heavy atom. The molecular formula is C21H21ClF5N5O3. The Hall–Kier alpha value is -3.22. The van der Waals surface area contributed by atoms with Gasteiger partial charge in [-0.1, -0.05) is 18.5 Å². The predicted molar refractivity (Wildman–Crippen MR) is 117 cm³/mol. The Morgan fingerprint density at radius 3 is 2.63 bits per heavy atom. The van der Waals surface area contributed by atoms with Gasteiger partial charge in [0.2, 0.25) is 5.88 Å². The second kappa shape index (κ2) is 9.80. The lowest BCUT2D eigenvalue weighted by Crippen LogP contribution is -2.48. The summed E-state index contributed by atoms with van der Waals surface area (Å²) in [6.07, 6.45) is -4.30. The minimum absolute atomic E-state index is 0.0405. The summed E-state index contributed by atoms with van der Waals surface area (Å²) in [6, 6.07) is 1.88. The summed E-state index contributed by atoms with van der Waals surface area (Å²) >= 11 is 6.16. The van der Waals surface area contributed by atoms with Gasteiger partial charge in [-0.25, -0.2) is 23.7 Å². The second-order valence-corrected chi connectivity index (χ2v) is 8.32. The van der Waals surface area contributed by atoms with E-state index < -0.39 is 59.6 Å². The first-order chi connectivity index (χ1) is 16.3. The lowest BCUT2D eigenvalue weighted by molar-refractivity contribution is -0.154. The van der Waals surface area contributed by atoms with E-state index in [-0.39, 0.29) is 28.7 Å². The number of carbonyl (C=O) groups is 1. The maximum Gasteiger partial charge on any atom is 0.422 e. The fourth-order valence-electron chi connectivity index (χ4n) is 3.61. The highest BCUT2D eigenvalue weighted by Crippen LogP contribution is 2.44. The molecule has 3 N–H and O–H groups in total. The average molecular weight is 522 g/mol. The van der Waals surface area contributed by atoms with E-state index in [1.165, 1.54) is 13.0 Å². The third-order valence-electron chi connectivity index (χ3n) is 5.55. The molecule has 0 spiro atoms. The number of nitrogens with two attached hydrogens (primary N) is 1. The van der Waals surface area contributed by atoms with Gasteiger partial charge < -0.3 is 20.5 Å². The number of rotatable bonds is 6. The molecule has 0 radical (unpaired) electrons. The highest BCUT2D eigenvalue weighted by molar-refractivity contribution is 6.31. The van der Waals surface area contributed by atoms with Crippen molar-refractivity contribution in [1.82, 2.24) is 9.97 Å². The number of halogens is 6. The number of aliphatic imine (C=N–C) groups is 1. The monoisotopic (exact) mass is 521 g/mol. The van der Waals surface area contributed by atoms with Crippen LogP contribution in [-0.2, 0) is 10.3 Å². The third-order valence-corrected chi connectivity index (χ3v) is 5.94. The number of carbonyl (C=O) groups excluding carboxylic acids is 1. The van der Waals surface area contributed by atoms with Gasteiger partial charge in [0.15, 0.2) is 6.61 Å². The molecule has 1 aromatic heterocycles. The second-order valence-electron chi connectivity index (χ2n) is 7.94. The molecule has 0 bridgehead atoms. The Kier molecular flexibility index (Phi) is 7.39. The number of aryl methyl sites for hydroxylation is 1. The molecule has 0 fully saturated rings. The van der Waals surface area contributed by atoms with Crippen LogP contribution in [0.4, 0.5) is 27.6 Å². The number of amidine groups is 1. The summed E-state index contributed by atoms with van der Waals surface area (Å²) in [6.45, 7) is 1.96. The number of benzene rings is 1. The number of aromatic nitrogens is 2. The minimum atomic E-state index is -4.58. The number of nitrogens with zero attached hydrogens (tertiary/aromatic N) is 3. The van der Waals surface area contributed by atoms with Crippen LogP contribution in [0.2, 0.25) is 5.02 Å². The van der Waals surface area contributed by atoms with E-state index in [9.17, 15) is 26.7 Å². The number of alkyl halides is 4. The zero-order valence-corrected chi connectivity index (χ0v) is 19.5. The number of nitrogens with one attached hydrogen (secondary N) is 1. The topological polar surface area (TPSA) is 112 Å². The van der Waals surface area contributed by atoms with Gasteiger partial charge in [0.25, 0.3) is 11.9 Å². The number of anilines is 1. The molecule has 1 aliphatic heterocycles. The Bertz CT molecular complexity index is 1160. The molecule has 8 nitrogen and oxygen atoms in total. The molecule has 35 heavy (non-hydrogen) atoms. The molecular weight excluding hydrogens is 501 g/mol. The van der Waals surface area contributed by atoms with Gasteiger partial charge in [-0.3, -0.25) is 4.79 Å². The summed E-state index contributed by atoms with van der Waals surface area (Å²) in [5, 5.41) is 2.00. The van der Waals surface area contributed by atoms with Crippen LogP contribution in [0.1, 0.15) is 35.6 Å². The largest absolute Gasteiger partial charge is 0.467 e. The molecule has 190 valence electrons. The fourth-order valence-corrected chi connectivity index (χ4v) is 3.88. The number of amides is 1. The molecule has 1 aromatic carbocycles. The quantitative estimate of drug-likeness (QED) is 0.548. The van der Waals surface area contributed by atoms with Crippen LogP contribution in [-0.4, -0.2) is 47.5 Å². The SMILES string of the molecule is Cc1nc(OCC(F)(F)F)cnc1C(=O)Nc1cc(F)c(Cl)c([C@]2(CF)N=C(N)OC(C)[C@H]2C)c1. The summed E-state index contributed by atoms with van der Waals surface area (Å²) in [4.78, 5) is 24.4. The fraction of sp³-hybridized carbons (Fsp3) is 0.429.